The van der Waals surface area contributed by atoms with Gasteiger partial charge in [-0.1, -0.05) is 50.2 Å². The van der Waals surface area contributed by atoms with Crippen molar-refractivity contribution in [3.63, 3.8) is 0 Å². The van der Waals surface area contributed by atoms with Gasteiger partial charge < -0.3 is 16.0 Å². The van der Waals surface area contributed by atoms with Gasteiger partial charge in [-0.2, -0.15) is 0 Å². The molecule has 1 unspecified atom stereocenters. The predicted molar refractivity (Wildman–Crippen MR) is 93.3 cm³/mol. The third-order valence-electron chi connectivity index (χ3n) is 4.25. The van der Waals surface area contributed by atoms with Crippen LogP contribution in [0.5, 0.6) is 0 Å². The lowest BCUT2D eigenvalue weighted by atomic mass is 9.96. The highest BCUT2D eigenvalue weighted by atomic mass is 16.2. The molecule has 2 aromatic carbocycles. The molecular formula is C19H23N3O. The van der Waals surface area contributed by atoms with E-state index in [4.69, 9.17) is 5.73 Å². The maximum Gasteiger partial charge on any atom is 0.255 e. The van der Waals surface area contributed by atoms with Crippen LogP contribution in [0.1, 0.15) is 41.4 Å². The van der Waals surface area contributed by atoms with Crippen molar-refractivity contribution >= 4 is 11.6 Å². The molecule has 0 spiro atoms. The van der Waals surface area contributed by atoms with Gasteiger partial charge in [-0.15, -0.1) is 0 Å². The number of fused-ring (bicyclic) bond motifs is 1. The van der Waals surface area contributed by atoms with Crippen molar-refractivity contribution in [1.29, 1.82) is 0 Å². The quantitative estimate of drug-likeness (QED) is 0.835. The predicted octanol–water partition coefficient (Wildman–Crippen LogP) is 2.81. The molecule has 1 aliphatic rings. The first-order valence-electron chi connectivity index (χ1n) is 8.07. The molecule has 0 aliphatic carbocycles. The number of nitrogen functional groups attached to an aromatic ring is 1. The second kappa shape index (κ2) is 6.42. The van der Waals surface area contributed by atoms with E-state index in [-0.39, 0.29) is 11.9 Å². The van der Waals surface area contributed by atoms with E-state index in [0.717, 1.165) is 28.9 Å². The SMILES string of the molecule is CC(C)NCCN1C(=O)c2ccccc2C1c1ccccc1N. The van der Waals surface area contributed by atoms with Crippen LogP contribution >= 0.6 is 0 Å². The smallest absolute Gasteiger partial charge is 0.255 e. The molecular weight excluding hydrogens is 286 g/mol. The van der Waals surface area contributed by atoms with Crippen LogP contribution in [0.15, 0.2) is 48.5 Å². The zero-order chi connectivity index (χ0) is 16.4. The van der Waals surface area contributed by atoms with Crippen molar-refractivity contribution in [3.8, 4) is 0 Å². The Bertz CT molecular complexity index is 711. The number of anilines is 1. The summed E-state index contributed by atoms with van der Waals surface area (Å²) in [7, 11) is 0. The summed E-state index contributed by atoms with van der Waals surface area (Å²) in [5.41, 5.74) is 9.73. The summed E-state index contributed by atoms with van der Waals surface area (Å²) in [5, 5.41) is 3.38. The Morgan fingerprint density at radius 2 is 1.74 bits per heavy atom. The molecule has 0 bridgehead atoms. The summed E-state index contributed by atoms with van der Waals surface area (Å²) >= 11 is 0. The number of nitrogens with two attached hydrogens (primary N) is 1. The first-order chi connectivity index (χ1) is 11.1. The molecule has 4 nitrogen and oxygen atoms in total. The average Bonchev–Trinajstić information content (AvgIpc) is 2.81. The molecule has 1 amide bonds. The lowest BCUT2D eigenvalue weighted by Crippen LogP contribution is -2.37. The van der Waals surface area contributed by atoms with Crippen LogP contribution in [0, 0.1) is 0 Å². The molecule has 0 fully saturated rings. The van der Waals surface area contributed by atoms with Gasteiger partial charge >= 0.3 is 0 Å². The summed E-state index contributed by atoms with van der Waals surface area (Å²) in [5.74, 6) is 0.0828. The lowest BCUT2D eigenvalue weighted by molar-refractivity contribution is 0.0750. The third-order valence-corrected chi connectivity index (χ3v) is 4.25. The highest BCUT2D eigenvalue weighted by molar-refractivity contribution is 6.00. The number of carbonyl (C=O) groups excluding carboxylic acids is 1. The van der Waals surface area contributed by atoms with Crippen LogP contribution in [0.4, 0.5) is 5.69 Å². The van der Waals surface area contributed by atoms with Gasteiger partial charge in [0.2, 0.25) is 0 Å². The zero-order valence-corrected chi connectivity index (χ0v) is 13.6. The summed E-state index contributed by atoms with van der Waals surface area (Å²) in [6.45, 7) is 5.63. The van der Waals surface area contributed by atoms with Gasteiger partial charge in [0.1, 0.15) is 0 Å². The Hall–Kier alpha value is -2.33. The molecule has 4 heteroatoms. The second-order valence-corrected chi connectivity index (χ2v) is 6.23. The third kappa shape index (κ3) is 2.94. The molecule has 1 aliphatic heterocycles. The Kier molecular flexibility index (Phi) is 4.35. The van der Waals surface area contributed by atoms with Gasteiger partial charge in [-0.25, -0.2) is 0 Å². The van der Waals surface area contributed by atoms with E-state index >= 15 is 0 Å². The highest BCUT2D eigenvalue weighted by Gasteiger charge is 2.37. The van der Waals surface area contributed by atoms with Crippen molar-refractivity contribution in [1.82, 2.24) is 10.2 Å². The zero-order valence-electron chi connectivity index (χ0n) is 13.6. The van der Waals surface area contributed by atoms with Gasteiger partial charge in [0.15, 0.2) is 0 Å². The highest BCUT2D eigenvalue weighted by Crippen LogP contribution is 2.39. The van der Waals surface area contributed by atoms with E-state index in [9.17, 15) is 4.79 Å². The number of carbonyl (C=O) groups is 1. The standard InChI is InChI=1S/C19H23N3O/c1-13(2)21-11-12-22-18(16-9-5-6-10-17(16)20)14-7-3-4-8-15(14)19(22)23/h3-10,13,18,21H,11-12,20H2,1-2H3. The number of hydrogen-bond donors (Lipinski definition) is 2. The molecule has 0 aromatic heterocycles. The molecule has 3 rings (SSSR count). The molecule has 23 heavy (non-hydrogen) atoms. The first-order valence-corrected chi connectivity index (χ1v) is 8.07. The Labute approximate surface area is 137 Å². The van der Waals surface area contributed by atoms with Gasteiger partial charge in [-0.3, -0.25) is 4.79 Å². The van der Waals surface area contributed by atoms with E-state index in [2.05, 4.69) is 19.2 Å². The van der Waals surface area contributed by atoms with Crippen LogP contribution in [-0.4, -0.2) is 29.9 Å². The van der Waals surface area contributed by atoms with Gasteiger partial charge in [0.25, 0.3) is 5.91 Å². The minimum Gasteiger partial charge on any atom is -0.398 e. The van der Waals surface area contributed by atoms with E-state index in [0.29, 0.717) is 12.6 Å². The largest absolute Gasteiger partial charge is 0.398 e. The van der Waals surface area contributed by atoms with Gasteiger partial charge in [0, 0.05) is 35.9 Å². The average molecular weight is 309 g/mol. The molecule has 2 aromatic rings. The minimum atomic E-state index is -0.103. The molecule has 1 heterocycles. The minimum absolute atomic E-state index is 0.0828. The molecule has 0 saturated carbocycles. The number of rotatable bonds is 5. The lowest BCUT2D eigenvalue weighted by Gasteiger charge is -2.27. The van der Waals surface area contributed by atoms with Crippen molar-refractivity contribution in [2.75, 3.05) is 18.8 Å². The fourth-order valence-corrected chi connectivity index (χ4v) is 3.17. The first kappa shape index (κ1) is 15.6. The maximum absolute atomic E-state index is 12.8. The summed E-state index contributed by atoms with van der Waals surface area (Å²) < 4.78 is 0. The molecule has 0 radical (unpaired) electrons. The van der Waals surface area contributed by atoms with Crippen LogP contribution in [-0.2, 0) is 0 Å². The summed E-state index contributed by atoms with van der Waals surface area (Å²) in [6.07, 6.45) is 0. The van der Waals surface area contributed by atoms with E-state index < -0.39 is 0 Å². The van der Waals surface area contributed by atoms with Crippen molar-refractivity contribution in [2.45, 2.75) is 25.9 Å². The van der Waals surface area contributed by atoms with Crippen LogP contribution in [0.25, 0.3) is 0 Å². The summed E-state index contributed by atoms with van der Waals surface area (Å²) in [4.78, 5) is 14.7. The van der Waals surface area contributed by atoms with E-state index in [1.54, 1.807) is 0 Å². The Morgan fingerprint density at radius 3 is 2.43 bits per heavy atom. The normalized spacial score (nSPS) is 16.9. The van der Waals surface area contributed by atoms with Crippen molar-refractivity contribution in [2.24, 2.45) is 0 Å². The van der Waals surface area contributed by atoms with Gasteiger partial charge in [0.05, 0.1) is 6.04 Å². The number of amides is 1. The second-order valence-electron chi connectivity index (χ2n) is 6.23. The Balaban J connectivity index is 1.97. The Morgan fingerprint density at radius 1 is 1.09 bits per heavy atom. The molecule has 1 atom stereocenters. The van der Waals surface area contributed by atoms with Crippen molar-refractivity contribution in [3.05, 3.63) is 65.2 Å². The van der Waals surface area contributed by atoms with Crippen LogP contribution in [0.2, 0.25) is 0 Å². The van der Waals surface area contributed by atoms with E-state index in [1.807, 2.05) is 53.4 Å². The number of para-hydroxylation sites is 1. The fourth-order valence-electron chi connectivity index (χ4n) is 3.17. The molecule has 0 saturated heterocycles. The molecule has 3 N–H and O–H groups in total. The maximum atomic E-state index is 12.8. The van der Waals surface area contributed by atoms with Crippen molar-refractivity contribution < 1.29 is 4.79 Å². The van der Waals surface area contributed by atoms with Crippen LogP contribution < -0.4 is 11.1 Å². The number of nitrogens with one attached hydrogen (secondary N) is 1. The fraction of sp³-hybridized carbons (Fsp3) is 0.316. The monoisotopic (exact) mass is 309 g/mol. The van der Waals surface area contributed by atoms with E-state index in [1.165, 1.54) is 0 Å². The van der Waals surface area contributed by atoms with Crippen LogP contribution in [0.3, 0.4) is 0 Å². The summed E-state index contributed by atoms with van der Waals surface area (Å²) in [6, 6.07) is 15.9. The van der Waals surface area contributed by atoms with Gasteiger partial charge in [-0.05, 0) is 17.7 Å². The number of nitrogens with zero attached hydrogens (tertiary/aromatic N) is 1. The number of benzene rings is 2. The number of hydrogen-bond acceptors (Lipinski definition) is 3. The topological polar surface area (TPSA) is 58.4 Å². The molecule has 120 valence electrons.